The summed E-state index contributed by atoms with van der Waals surface area (Å²) >= 11 is 1.40. The van der Waals surface area contributed by atoms with Crippen molar-refractivity contribution in [1.29, 1.82) is 0 Å². The average molecular weight is 420 g/mol. The number of thiophene rings is 1. The smallest absolute Gasteiger partial charge is 0.244 e. The Hall–Kier alpha value is -2.36. The number of rotatable bonds is 5. The maximum Gasteiger partial charge on any atom is 0.244 e. The van der Waals surface area contributed by atoms with Crippen LogP contribution in [0.3, 0.4) is 0 Å². The molecule has 0 radical (unpaired) electrons. The summed E-state index contributed by atoms with van der Waals surface area (Å²) in [5.74, 6) is 1.37. The Morgan fingerprint density at radius 1 is 1.14 bits per heavy atom. The molecule has 3 aromatic rings. The summed E-state index contributed by atoms with van der Waals surface area (Å²) in [6, 6.07) is 11.2. The number of methoxy groups -OCH3 is 1. The molecule has 0 N–H and O–H groups in total. The average Bonchev–Trinajstić information content (AvgIpc) is 3.38. The van der Waals surface area contributed by atoms with E-state index in [9.17, 15) is 8.42 Å². The summed E-state index contributed by atoms with van der Waals surface area (Å²) in [6.07, 6.45) is 1.55. The minimum absolute atomic E-state index is 0.346. The number of ether oxygens (including phenoxy) is 1. The minimum atomic E-state index is -3.55. The normalized spacial score (nSPS) is 15.7. The number of anilines is 1. The van der Waals surface area contributed by atoms with E-state index >= 15 is 0 Å². The molecule has 0 amide bonds. The second-order valence-electron chi connectivity index (χ2n) is 6.50. The van der Waals surface area contributed by atoms with E-state index in [1.807, 2.05) is 31.2 Å². The molecule has 3 heterocycles. The van der Waals surface area contributed by atoms with E-state index in [-0.39, 0.29) is 0 Å². The van der Waals surface area contributed by atoms with Gasteiger partial charge < -0.3 is 14.2 Å². The van der Waals surface area contributed by atoms with E-state index in [0.29, 0.717) is 36.8 Å². The first-order valence-corrected chi connectivity index (χ1v) is 11.2. The van der Waals surface area contributed by atoms with Gasteiger partial charge in [-0.25, -0.2) is 8.42 Å². The molecule has 1 fully saturated rings. The van der Waals surface area contributed by atoms with Crippen molar-refractivity contribution in [2.24, 2.45) is 0 Å². The number of nitrogens with zero attached hydrogens (tertiary/aromatic N) is 3. The molecule has 0 bridgehead atoms. The van der Waals surface area contributed by atoms with E-state index in [2.05, 4.69) is 10.1 Å². The molecule has 0 aliphatic carbocycles. The van der Waals surface area contributed by atoms with Crippen molar-refractivity contribution < 1.29 is 17.7 Å². The number of piperazine rings is 1. The summed E-state index contributed by atoms with van der Waals surface area (Å²) < 4.78 is 38.4. The van der Waals surface area contributed by atoms with E-state index in [0.717, 1.165) is 21.2 Å². The number of benzene rings is 1. The molecular formula is C19H21N3O4S2. The SMILES string of the molecule is COc1cccc(N2CCN(S(=O)(=O)c3cc(-c4ccno4)sc3C)CC2)c1. The first-order valence-electron chi connectivity index (χ1n) is 8.89. The van der Waals surface area contributed by atoms with Gasteiger partial charge in [-0.15, -0.1) is 11.3 Å². The number of hydrogen-bond acceptors (Lipinski definition) is 7. The van der Waals surface area contributed by atoms with Crippen LogP contribution in [0.2, 0.25) is 0 Å². The topological polar surface area (TPSA) is 75.9 Å². The van der Waals surface area contributed by atoms with E-state index in [1.54, 1.807) is 29.7 Å². The summed E-state index contributed by atoms with van der Waals surface area (Å²) in [5.41, 5.74) is 1.04. The molecule has 148 valence electrons. The number of aryl methyl sites for hydroxylation is 1. The highest BCUT2D eigenvalue weighted by atomic mass is 32.2. The lowest BCUT2D eigenvalue weighted by Gasteiger charge is -2.35. The zero-order valence-corrected chi connectivity index (χ0v) is 17.3. The van der Waals surface area contributed by atoms with Gasteiger partial charge in [0.15, 0.2) is 5.76 Å². The van der Waals surface area contributed by atoms with Crippen molar-refractivity contribution in [1.82, 2.24) is 9.46 Å². The lowest BCUT2D eigenvalue weighted by Crippen LogP contribution is -2.48. The first kappa shape index (κ1) is 19.0. The van der Waals surface area contributed by atoms with E-state index in [4.69, 9.17) is 9.26 Å². The fourth-order valence-corrected chi connectivity index (χ4v) is 6.26. The summed E-state index contributed by atoms with van der Waals surface area (Å²) in [6.45, 7) is 3.96. The zero-order valence-electron chi connectivity index (χ0n) is 15.7. The molecule has 1 saturated heterocycles. The van der Waals surface area contributed by atoms with Crippen LogP contribution < -0.4 is 9.64 Å². The van der Waals surface area contributed by atoms with Gasteiger partial charge in [0.05, 0.1) is 23.1 Å². The molecule has 0 spiro atoms. The van der Waals surface area contributed by atoms with Gasteiger partial charge in [-0.3, -0.25) is 0 Å². The van der Waals surface area contributed by atoms with Crippen molar-refractivity contribution >= 4 is 27.0 Å². The standard InChI is InChI=1S/C19H21N3O4S2/c1-14-19(13-18(27-14)17-6-7-20-26-17)28(23,24)22-10-8-21(9-11-22)15-4-3-5-16(12-15)25-2/h3-7,12-13H,8-11H2,1-2H3. The Morgan fingerprint density at radius 3 is 2.61 bits per heavy atom. The molecule has 0 atom stereocenters. The summed E-state index contributed by atoms with van der Waals surface area (Å²) in [4.78, 5) is 4.04. The van der Waals surface area contributed by atoms with Crippen LogP contribution in [-0.4, -0.2) is 51.2 Å². The molecular weight excluding hydrogens is 398 g/mol. The highest BCUT2D eigenvalue weighted by molar-refractivity contribution is 7.89. The van der Waals surface area contributed by atoms with Gasteiger partial charge in [-0.2, -0.15) is 4.31 Å². The highest BCUT2D eigenvalue weighted by Gasteiger charge is 2.31. The Morgan fingerprint density at radius 2 is 1.93 bits per heavy atom. The highest BCUT2D eigenvalue weighted by Crippen LogP contribution is 2.35. The maximum absolute atomic E-state index is 13.2. The second kappa shape index (κ2) is 7.57. The number of aromatic nitrogens is 1. The molecule has 1 aromatic carbocycles. The third kappa shape index (κ3) is 3.52. The predicted octanol–water partition coefficient (Wildman–Crippen LogP) is 3.23. The van der Waals surface area contributed by atoms with Crippen LogP contribution in [0, 0.1) is 6.92 Å². The Bertz CT molecular complexity index is 1050. The molecule has 0 saturated carbocycles. The quantitative estimate of drug-likeness (QED) is 0.632. The molecule has 1 aliphatic heterocycles. The van der Waals surface area contributed by atoms with Gasteiger partial charge in [0, 0.05) is 48.9 Å². The Kier molecular flexibility index (Phi) is 5.13. The monoisotopic (exact) mass is 419 g/mol. The summed E-state index contributed by atoms with van der Waals surface area (Å²) in [5, 5.41) is 3.70. The van der Waals surface area contributed by atoms with Gasteiger partial charge in [0.25, 0.3) is 0 Å². The van der Waals surface area contributed by atoms with Crippen LogP contribution in [0.4, 0.5) is 5.69 Å². The third-order valence-corrected chi connectivity index (χ3v) is 8.05. The maximum atomic E-state index is 13.2. The van der Waals surface area contributed by atoms with Crippen molar-refractivity contribution in [3.05, 3.63) is 47.5 Å². The van der Waals surface area contributed by atoms with Crippen LogP contribution in [0.25, 0.3) is 10.6 Å². The van der Waals surface area contributed by atoms with Gasteiger partial charge in [-0.05, 0) is 25.1 Å². The largest absolute Gasteiger partial charge is 0.497 e. The third-order valence-electron chi connectivity index (χ3n) is 4.83. The van der Waals surface area contributed by atoms with Crippen LogP contribution in [-0.2, 0) is 10.0 Å². The molecule has 2 aromatic heterocycles. The molecule has 1 aliphatic rings. The van der Waals surface area contributed by atoms with Gasteiger partial charge >= 0.3 is 0 Å². The van der Waals surface area contributed by atoms with Crippen molar-refractivity contribution in [3.8, 4) is 16.4 Å². The van der Waals surface area contributed by atoms with Crippen molar-refractivity contribution in [2.45, 2.75) is 11.8 Å². The van der Waals surface area contributed by atoms with Crippen molar-refractivity contribution in [2.75, 3.05) is 38.2 Å². The van der Waals surface area contributed by atoms with Gasteiger partial charge in [-0.1, -0.05) is 11.2 Å². The predicted molar refractivity (Wildman–Crippen MR) is 109 cm³/mol. The van der Waals surface area contributed by atoms with Crippen LogP contribution in [0.15, 0.2) is 52.0 Å². The van der Waals surface area contributed by atoms with E-state index < -0.39 is 10.0 Å². The number of hydrogen-bond donors (Lipinski definition) is 0. The minimum Gasteiger partial charge on any atom is -0.497 e. The van der Waals surface area contributed by atoms with Crippen LogP contribution in [0.5, 0.6) is 5.75 Å². The molecule has 9 heteroatoms. The first-order chi connectivity index (χ1) is 13.5. The van der Waals surface area contributed by atoms with E-state index in [1.165, 1.54) is 11.3 Å². The summed E-state index contributed by atoms with van der Waals surface area (Å²) in [7, 11) is -1.91. The molecule has 0 unspecified atom stereocenters. The molecule has 4 rings (SSSR count). The fourth-order valence-electron chi connectivity index (χ4n) is 3.32. The zero-order chi connectivity index (χ0) is 19.7. The van der Waals surface area contributed by atoms with Crippen LogP contribution >= 0.6 is 11.3 Å². The van der Waals surface area contributed by atoms with Gasteiger partial charge in [0.2, 0.25) is 10.0 Å². The molecule has 28 heavy (non-hydrogen) atoms. The number of sulfonamides is 1. The van der Waals surface area contributed by atoms with Crippen molar-refractivity contribution in [3.63, 3.8) is 0 Å². The lowest BCUT2D eigenvalue weighted by molar-refractivity contribution is 0.384. The van der Waals surface area contributed by atoms with Crippen LogP contribution in [0.1, 0.15) is 4.88 Å². The van der Waals surface area contributed by atoms with Gasteiger partial charge in [0.1, 0.15) is 5.75 Å². The lowest BCUT2D eigenvalue weighted by atomic mass is 10.2. The fraction of sp³-hybridized carbons (Fsp3) is 0.316. The second-order valence-corrected chi connectivity index (χ2v) is 9.66. The molecule has 7 nitrogen and oxygen atoms in total. The Balaban J connectivity index is 1.51. The Labute approximate surface area is 168 Å².